The van der Waals surface area contributed by atoms with E-state index in [4.69, 9.17) is 20.1 Å². The van der Waals surface area contributed by atoms with Crippen molar-refractivity contribution in [3.05, 3.63) is 47.5 Å². The largest absolute Gasteiger partial charge is 0.573 e. The number of carbonyl (C=O) groups excluding carboxylic acids is 1. The predicted octanol–water partition coefficient (Wildman–Crippen LogP) is 2.37. The third-order valence-electron chi connectivity index (χ3n) is 3.87. The maximum Gasteiger partial charge on any atom is 0.573 e. The van der Waals surface area contributed by atoms with Gasteiger partial charge in [0, 0.05) is 18.7 Å². The van der Waals surface area contributed by atoms with Gasteiger partial charge in [-0.3, -0.25) is 10.2 Å². The molecule has 2 aromatic carbocycles. The quantitative estimate of drug-likeness (QED) is 0.231. The average molecular weight is 429 g/mol. The van der Waals surface area contributed by atoms with Gasteiger partial charge in [0.15, 0.2) is 11.5 Å². The molecule has 0 heterocycles. The van der Waals surface area contributed by atoms with Crippen LogP contribution in [0.15, 0.2) is 36.4 Å². The lowest BCUT2D eigenvalue weighted by Crippen LogP contribution is -2.30. The van der Waals surface area contributed by atoms with E-state index in [0.717, 1.165) is 5.56 Å². The summed E-state index contributed by atoms with van der Waals surface area (Å²) in [5, 5.41) is 3.10. The molecular weight excluding hydrogens is 407 g/mol. The Balaban J connectivity index is 1.89. The van der Waals surface area contributed by atoms with Crippen LogP contribution in [0, 0.1) is 0 Å². The summed E-state index contributed by atoms with van der Waals surface area (Å²) in [6.07, 6.45) is -4.72. The molecule has 0 saturated heterocycles. The second-order valence-corrected chi connectivity index (χ2v) is 5.90. The van der Waals surface area contributed by atoms with E-state index in [1.807, 2.05) is 5.43 Å². The molecule has 164 valence electrons. The fourth-order valence-corrected chi connectivity index (χ4v) is 2.50. The van der Waals surface area contributed by atoms with E-state index >= 15 is 0 Å². The molecule has 11 heteroatoms. The molecule has 0 fully saturated rings. The SMILES string of the molecule is COc1cc(C(=O)NN)cc(OC)c1OCCNCc1ccc(OC(F)(F)F)cc1. The van der Waals surface area contributed by atoms with Crippen molar-refractivity contribution in [1.29, 1.82) is 0 Å². The van der Waals surface area contributed by atoms with Crippen LogP contribution >= 0.6 is 0 Å². The number of ether oxygens (including phenoxy) is 4. The zero-order chi connectivity index (χ0) is 22.1. The zero-order valence-corrected chi connectivity index (χ0v) is 16.3. The number of hydrogen-bond donors (Lipinski definition) is 3. The zero-order valence-electron chi connectivity index (χ0n) is 16.3. The minimum Gasteiger partial charge on any atom is -0.493 e. The normalized spacial score (nSPS) is 11.0. The smallest absolute Gasteiger partial charge is 0.493 e. The van der Waals surface area contributed by atoms with Gasteiger partial charge >= 0.3 is 6.36 Å². The van der Waals surface area contributed by atoms with Gasteiger partial charge in [0.1, 0.15) is 12.4 Å². The van der Waals surface area contributed by atoms with Gasteiger partial charge in [0.2, 0.25) is 5.75 Å². The van der Waals surface area contributed by atoms with Gasteiger partial charge in [-0.25, -0.2) is 5.84 Å². The molecule has 2 rings (SSSR count). The van der Waals surface area contributed by atoms with Crippen LogP contribution in [0.25, 0.3) is 0 Å². The second-order valence-electron chi connectivity index (χ2n) is 5.90. The number of nitrogens with one attached hydrogen (secondary N) is 2. The first-order valence-electron chi connectivity index (χ1n) is 8.72. The van der Waals surface area contributed by atoms with E-state index in [1.165, 1.54) is 50.6 Å². The van der Waals surface area contributed by atoms with Gasteiger partial charge < -0.3 is 24.3 Å². The van der Waals surface area contributed by atoms with Crippen molar-refractivity contribution in [2.45, 2.75) is 12.9 Å². The molecule has 1 amide bonds. The van der Waals surface area contributed by atoms with E-state index in [1.54, 1.807) is 0 Å². The van der Waals surface area contributed by atoms with Crippen molar-refractivity contribution in [3.8, 4) is 23.0 Å². The summed E-state index contributed by atoms with van der Waals surface area (Å²) in [5.74, 6) is 5.28. The van der Waals surface area contributed by atoms with Crippen LogP contribution in [0.1, 0.15) is 15.9 Å². The summed E-state index contributed by atoms with van der Waals surface area (Å²) >= 11 is 0. The molecule has 0 unspecified atom stereocenters. The molecule has 0 atom stereocenters. The molecule has 0 radical (unpaired) electrons. The van der Waals surface area contributed by atoms with Crippen molar-refractivity contribution < 1.29 is 36.9 Å². The van der Waals surface area contributed by atoms with Gasteiger partial charge in [-0.2, -0.15) is 0 Å². The van der Waals surface area contributed by atoms with Crippen LogP contribution in [0.4, 0.5) is 13.2 Å². The minimum atomic E-state index is -4.72. The maximum absolute atomic E-state index is 12.2. The average Bonchev–Trinajstić information content (AvgIpc) is 2.72. The molecule has 2 aromatic rings. The van der Waals surface area contributed by atoms with E-state index in [0.29, 0.717) is 30.3 Å². The highest BCUT2D eigenvalue weighted by atomic mass is 19.4. The first-order chi connectivity index (χ1) is 14.3. The van der Waals surface area contributed by atoms with E-state index in [2.05, 4.69) is 10.1 Å². The minimum absolute atomic E-state index is 0.240. The monoisotopic (exact) mass is 429 g/mol. The van der Waals surface area contributed by atoms with Crippen molar-refractivity contribution in [2.75, 3.05) is 27.4 Å². The number of carbonyl (C=O) groups is 1. The standard InChI is InChI=1S/C19H22F3N3O5/c1-27-15-9-13(18(26)25-23)10-16(28-2)17(15)29-8-7-24-11-12-3-5-14(6-4-12)30-19(20,21)22/h3-6,9-10,24H,7-8,11,23H2,1-2H3,(H,25,26). The third-order valence-corrected chi connectivity index (χ3v) is 3.87. The second kappa shape index (κ2) is 10.6. The highest BCUT2D eigenvalue weighted by molar-refractivity contribution is 5.95. The predicted molar refractivity (Wildman–Crippen MR) is 102 cm³/mol. The number of rotatable bonds is 10. The van der Waals surface area contributed by atoms with Crippen LogP contribution in [-0.4, -0.2) is 39.6 Å². The van der Waals surface area contributed by atoms with Crippen LogP contribution in [-0.2, 0) is 6.54 Å². The molecule has 0 spiro atoms. The Morgan fingerprint density at radius 2 is 1.67 bits per heavy atom. The van der Waals surface area contributed by atoms with Crippen LogP contribution in [0.5, 0.6) is 23.0 Å². The molecule has 4 N–H and O–H groups in total. The number of nitrogen functional groups attached to an aromatic ring is 1. The highest BCUT2D eigenvalue weighted by Gasteiger charge is 2.30. The lowest BCUT2D eigenvalue weighted by molar-refractivity contribution is -0.274. The van der Waals surface area contributed by atoms with Crippen LogP contribution in [0.3, 0.4) is 0 Å². The summed E-state index contributed by atoms with van der Waals surface area (Å²) in [7, 11) is 2.85. The Morgan fingerprint density at radius 1 is 1.07 bits per heavy atom. The maximum atomic E-state index is 12.2. The number of amides is 1. The lowest BCUT2D eigenvalue weighted by Gasteiger charge is -2.16. The number of benzene rings is 2. The Morgan fingerprint density at radius 3 is 2.17 bits per heavy atom. The van der Waals surface area contributed by atoms with Crippen molar-refractivity contribution in [1.82, 2.24) is 10.7 Å². The summed E-state index contributed by atoms with van der Waals surface area (Å²) in [4.78, 5) is 11.7. The molecule has 0 aliphatic carbocycles. The molecule has 0 bridgehead atoms. The molecule has 0 saturated carbocycles. The summed E-state index contributed by atoms with van der Waals surface area (Å²) < 4.78 is 56.5. The number of methoxy groups -OCH3 is 2. The van der Waals surface area contributed by atoms with Gasteiger partial charge in [-0.1, -0.05) is 12.1 Å². The van der Waals surface area contributed by atoms with Gasteiger partial charge in [0.05, 0.1) is 14.2 Å². The molecule has 0 aliphatic heterocycles. The molecular formula is C19H22F3N3O5. The molecule has 0 aromatic heterocycles. The summed E-state index contributed by atoms with van der Waals surface area (Å²) in [5.41, 5.74) is 3.05. The number of hydrazine groups is 1. The highest BCUT2D eigenvalue weighted by Crippen LogP contribution is 2.38. The third kappa shape index (κ3) is 6.71. The Bertz CT molecular complexity index is 819. The van der Waals surface area contributed by atoms with Crippen molar-refractivity contribution in [2.24, 2.45) is 5.84 Å². The fraction of sp³-hybridized carbons (Fsp3) is 0.316. The lowest BCUT2D eigenvalue weighted by atomic mass is 10.1. The topological polar surface area (TPSA) is 104 Å². The van der Waals surface area contributed by atoms with E-state index in [-0.39, 0.29) is 17.9 Å². The van der Waals surface area contributed by atoms with Gasteiger partial charge in [-0.15, -0.1) is 13.2 Å². The summed E-state index contributed by atoms with van der Waals surface area (Å²) in [6, 6.07) is 8.49. The van der Waals surface area contributed by atoms with Crippen LogP contribution in [0.2, 0.25) is 0 Å². The molecule has 0 aliphatic rings. The van der Waals surface area contributed by atoms with Gasteiger partial charge in [0.25, 0.3) is 5.91 Å². The fourth-order valence-electron chi connectivity index (χ4n) is 2.50. The Labute approximate surface area is 171 Å². The van der Waals surface area contributed by atoms with Crippen LogP contribution < -0.4 is 35.5 Å². The van der Waals surface area contributed by atoms with Crippen molar-refractivity contribution >= 4 is 5.91 Å². The molecule has 8 nitrogen and oxygen atoms in total. The molecule has 30 heavy (non-hydrogen) atoms. The van der Waals surface area contributed by atoms with E-state index < -0.39 is 12.3 Å². The number of hydrogen-bond acceptors (Lipinski definition) is 7. The Hall–Kier alpha value is -3.18. The Kier molecular flexibility index (Phi) is 8.13. The first kappa shape index (κ1) is 23.1. The number of nitrogens with two attached hydrogens (primary N) is 1. The van der Waals surface area contributed by atoms with Crippen molar-refractivity contribution in [3.63, 3.8) is 0 Å². The van der Waals surface area contributed by atoms with E-state index in [9.17, 15) is 18.0 Å². The number of halogens is 3. The number of alkyl halides is 3. The van der Waals surface area contributed by atoms with Gasteiger partial charge in [-0.05, 0) is 29.8 Å². The summed E-state index contributed by atoms with van der Waals surface area (Å²) in [6.45, 7) is 1.09. The first-order valence-corrected chi connectivity index (χ1v) is 8.72.